The number of anilines is 1. The summed E-state index contributed by atoms with van der Waals surface area (Å²) in [6, 6.07) is 6.34. The molecular formula is C16H24N2O2. The third-order valence-electron chi connectivity index (χ3n) is 3.74. The summed E-state index contributed by atoms with van der Waals surface area (Å²) in [6.45, 7) is 7.65. The van der Waals surface area contributed by atoms with Crippen molar-refractivity contribution in [2.75, 3.05) is 18.1 Å². The average Bonchev–Trinajstić information content (AvgIpc) is 2.82. The van der Waals surface area contributed by atoms with Crippen LogP contribution in [-0.2, 0) is 22.4 Å². The van der Waals surface area contributed by atoms with E-state index in [2.05, 4.69) is 36.9 Å². The van der Waals surface area contributed by atoms with E-state index < -0.39 is 6.04 Å². The maximum absolute atomic E-state index is 11.6. The molecule has 1 atom stereocenters. The van der Waals surface area contributed by atoms with Gasteiger partial charge in [-0.15, -0.1) is 0 Å². The Balaban J connectivity index is 2.07. The highest BCUT2D eigenvalue weighted by Crippen LogP contribution is 2.30. The molecule has 0 spiro atoms. The molecule has 1 aromatic carbocycles. The maximum atomic E-state index is 11.6. The number of benzene rings is 1. The third kappa shape index (κ3) is 3.12. The Kier molecular flexibility index (Phi) is 4.65. The highest BCUT2D eigenvalue weighted by molar-refractivity contribution is 5.76. The van der Waals surface area contributed by atoms with Gasteiger partial charge < -0.3 is 15.4 Å². The number of nitrogens with zero attached hydrogens (tertiary/aromatic N) is 1. The van der Waals surface area contributed by atoms with Gasteiger partial charge in [0.2, 0.25) is 0 Å². The molecule has 0 aromatic heterocycles. The molecule has 0 saturated heterocycles. The van der Waals surface area contributed by atoms with E-state index in [0.717, 1.165) is 18.5 Å². The standard InChI is InChI=1S/C16H24N2O2/c1-4-20-16(19)14(17)10-12-5-6-15-13(9-12)7-8-18(15)11(2)3/h5-6,9,11,14H,4,7-8,10,17H2,1-3H3. The fourth-order valence-corrected chi connectivity index (χ4v) is 2.73. The lowest BCUT2D eigenvalue weighted by Gasteiger charge is -2.24. The van der Waals surface area contributed by atoms with Crippen molar-refractivity contribution in [3.05, 3.63) is 29.3 Å². The van der Waals surface area contributed by atoms with Crippen molar-refractivity contribution >= 4 is 11.7 Å². The SMILES string of the molecule is CCOC(=O)C(N)Cc1ccc2c(c1)CCN2C(C)C. The van der Waals surface area contributed by atoms with Gasteiger partial charge in [-0.2, -0.15) is 0 Å². The van der Waals surface area contributed by atoms with Crippen LogP contribution in [0, 0.1) is 0 Å². The van der Waals surface area contributed by atoms with Crippen LogP contribution < -0.4 is 10.6 Å². The van der Waals surface area contributed by atoms with Gasteiger partial charge in [-0.05, 0) is 50.8 Å². The minimum absolute atomic E-state index is 0.322. The van der Waals surface area contributed by atoms with Crippen LogP contribution in [0.25, 0.3) is 0 Å². The summed E-state index contributed by atoms with van der Waals surface area (Å²) in [6.07, 6.45) is 1.60. The van der Waals surface area contributed by atoms with Crippen molar-refractivity contribution < 1.29 is 9.53 Å². The van der Waals surface area contributed by atoms with Crippen molar-refractivity contribution in [2.24, 2.45) is 5.73 Å². The van der Waals surface area contributed by atoms with Crippen molar-refractivity contribution in [3.63, 3.8) is 0 Å². The Bertz CT molecular complexity index is 485. The lowest BCUT2D eigenvalue weighted by atomic mass is 10.0. The van der Waals surface area contributed by atoms with Crippen LogP contribution in [-0.4, -0.2) is 31.2 Å². The van der Waals surface area contributed by atoms with E-state index in [9.17, 15) is 4.79 Å². The first-order valence-corrected chi connectivity index (χ1v) is 7.33. The zero-order valence-electron chi connectivity index (χ0n) is 12.6. The molecule has 1 aliphatic rings. The third-order valence-corrected chi connectivity index (χ3v) is 3.74. The summed E-state index contributed by atoms with van der Waals surface area (Å²) >= 11 is 0. The minimum Gasteiger partial charge on any atom is -0.465 e. The number of esters is 1. The molecule has 0 fully saturated rings. The zero-order valence-corrected chi connectivity index (χ0v) is 12.6. The van der Waals surface area contributed by atoms with Gasteiger partial charge >= 0.3 is 5.97 Å². The summed E-state index contributed by atoms with van der Waals surface area (Å²) in [4.78, 5) is 14.0. The van der Waals surface area contributed by atoms with Crippen molar-refractivity contribution in [1.82, 2.24) is 0 Å². The Hall–Kier alpha value is -1.55. The number of fused-ring (bicyclic) bond motifs is 1. The van der Waals surface area contributed by atoms with Gasteiger partial charge in [-0.3, -0.25) is 4.79 Å². The second-order valence-corrected chi connectivity index (χ2v) is 5.56. The highest BCUT2D eigenvalue weighted by Gasteiger charge is 2.22. The molecule has 0 bridgehead atoms. The van der Waals surface area contributed by atoms with Gasteiger partial charge in [0.15, 0.2) is 0 Å². The Morgan fingerprint density at radius 2 is 2.20 bits per heavy atom. The number of ether oxygens (including phenoxy) is 1. The Labute approximate surface area is 120 Å². The van der Waals surface area contributed by atoms with Crippen molar-refractivity contribution in [2.45, 2.75) is 45.7 Å². The van der Waals surface area contributed by atoms with Gasteiger partial charge in [0, 0.05) is 18.3 Å². The second-order valence-electron chi connectivity index (χ2n) is 5.56. The Morgan fingerprint density at radius 1 is 1.45 bits per heavy atom. The molecule has 0 aliphatic carbocycles. The molecule has 110 valence electrons. The van der Waals surface area contributed by atoms with E-state index in [4.69, 9.17) is 10.5 Å². The first-order chi connectivity index (χ1) is 9.52. The quantitative estimate of drug-likeness (QED) is 0.834. The second kappa shape index (κ2) is 6.27. The number of rotatable bonds is 5. The summed E-state index contributed by atoms with van der Waals surface area (Å²) in [5.41, 5.74) is 9.64. The number of hydrogen-bond acceptors (Lipinski definition) is 4. The first kappa shape index (κ1) is 14.9. The zero-order chi connectivity index (χ0) is 14.7. The molecule has 1 unspecified atom stereocenters. The summed E-state index contributed by atoms with van der Waals surface area (Å²) in [7, 11) is 0. The highest BCUT2D eigenvalue weighted by atomic mass is 16.5. The Morgan fingerprint density at radius 3 is 2.85 bits per heavy atom. The van der Waals surface area contributed by atoms with Crippen LogP contribution in [0.2, 0.25) is 0 Å². The van der Waals surface area contributed by atoms with E-state index in [1.165, 1.54) is 11.3 Å². The summed E-state index contributed by atoms with van der Waals surface area (Å²) in [5.74, 6) is -0.322. The molecule has 2 rings (SSSR count). The van der Waals surface area contributed by atoms with Gasteiger partial charge in [0.1, 0.15) is 6.04 Å². The van der Waals surface area contributed by atoms with Gasteiger partial charge in [0.05, 0.1) is 6.61 Å². The summed E-state index contributed by atoms with van der Waals surface area (Å²) in [5, 5.41) is 0. The molecule has 0 radical (unpaired) electrons. The largest absolute Gasteiger partial charge is 0.465 e. The van der Waals surface area contributed by atoms with Crippen LogP contribution in [0.3, 0.4) is 0 Å². The molecule has 1 aliphatic heterocycles. The van der Waals surface area contributed by atoms with Crippen LogP contribution in [0.1, 0.15) is 31.9 Å². The molecule has 2 N–H and O–H groups in total. The lowest BCUT2D eigenvalue weighted by molar-refractivity contribution is -0.144. The fraction of sp³-hybridized carbons (Fsp3) is 0.562. The van der Waals surface area contributed by atoms with E-state index in [-0.39, 0.29) is 5.97 Å². The molecule has 4 nitrogen and oxygen atoms in total. The maximum Gasteiger partial charge on any atom is 0.323 e. The van der Waals surface area contributed by atoms with E-state index in [1.54, 1.807) is 6.92 Å². The van der Waals surface area contributed by atoms with Gasteiger partial charge in [-0.1, -0.05) is 12.1 Å². The van der Waals surface area contributed by atoms with E-state index in [0.29, 0.717) is 19.1 Å². The van der Waals surface area contributed by atoms with Crippen LogP contribution in [0.5, 0.6) is 0 Å². The van der Waals surface area contributed by atoms with Crippen molar-refractivity contribution in [1.29, 1.82) is 0 Å². The van der Waals surface area contributed by atoms with E-state index >= 15 is 0 Å². The molecule has 4 heteroatoms. The van der Waals surface area contributed by atoms with Gasteiger partial charge in [-0.25, -0.2) is 0 Å². The topological polar surface area (TPSA) is 55.6 Å². The molecular weight excluding hydrogens is 252 g/mol. The normalized spacial score (nSPS) is 15.3. The monoisotopic (exact) mass is 276 g/mol. The predicted molar refractivity (Wildman–Crippen MR) is 80.9 cm³/mol. The lowest BCUT2D eigenvalue weighted by Crippen LogP contribution is -2.34. The van der Waals surface area contributed by atoms with E-state index in [1.807, 2.05) is 0 Å². The molecule has 20 heavy (non-hydrogen) atoms. The smallest absolute Gasteiger partial charge is 0.323 e. The molecule has 1 heterocycles. The molecule has 1 aromatic rings. The fourth-order valence-electron chi connectivity index (χ4n) is 2.73. The predicted octanol–water partition coefficient (Wildman–Crippen LogP) is 1.89. The molecule has 0 amide bonds. The summed E-state index contributed by atoms with van der Waals surface area (Å²) < 4.78 is 4.94. The number of carbonyl (C=O) groups is 1. The van der Waals surface area contributed by atoms with Crippen LogP contribution in [0.4, 0.5) is 5.69 Å². The van der Waals surface area contributed by atoms with Crippen LogP contribution in [0.15, 0.2) is 18.2 Å². The van der Waals surface area contributed by atoms with Crippen molar-refractivity contribution in [3.8, 4) is 0 Å². The van der Waals surface area contributed by atoms with Gasteiger partial charge in [0.25, 0.3) is 0 Å². The van der Waals surface area contributed by atoms with Crippen LogP contribution >= 0.6 is 0 Å². The average molecular weight is 276 g/mol. The number of carbonyl (C=O) groups excluding carboxylic acids is 1. The first-order valence-electron chi connectivity index (χ1n) is 7.33. The number of nitrogens with two attached hydrogens (primary N) is 1. The number of hydrogen-bond donors (Lipinski definition) is 1. The minimum atomic E-state index is -0.574. The molecule has 0 saturated carbocycles.